The van der Waals surface area contributed by atoms with Crippen molar-refractivity contribution in [2.45, 2.75) is 19.0 Å². The summed E-state index contributed by atoms with van der Waals surface area (Å²) in [5.41, 5.74) is 1.32. The zero-order valence-corrected chi connectivity index (χ0v) is 15.2. The van der Waals surface area contributed by atoms with E-state index in [-0.39, 0.29) is 12.4 Å². The fourth-order valence-corrected chi connectivity index (χ4v) is 3.94. The molecule has 2 aliphatic heterocycles. The summed E-state index contributed by atoms with van der Waals surface area (Å²) in [4.78, 5) is 5.18. The van der Waals surface area contributed by atoms with Crippen LogP contribution < -0.4 is 5.32 Å². The minimum atomic E-state index is 0. The molecule has 6 heteroatoms. The fraction of sp³-hybridized carbons (Fsp3) is 0.600. The second-order valence-corrected chi connectivity index (χ2v) is 6.99. The second-order valence-electron chi connectivity index (χ2n) is 5.69. The predicted octanol–water partition coefficient (Wildman–Crippen LogP) is 3.00. The van der Waals surface area contributed by atoms with Crippen LogP contribution in [0.3, 0.4) is 0 Å². The highest BCUT2D eigenvalue weighted by Crippen LogP contribution is 2.23. The molecule has 21 heavy (non-hydrogen) atoms. The molecule has 1 atom stereocenters. The molecule has 118 valence electrons. The van der Waals surface area contributed by atoms with Crippen LogP contribution in [0.4, 0.5) is 0 Å². The lowest BCUT2D eigenvalue weighted by Crippen LogP contribution is -2.50. The fourth-order valence-electron chi connectivity index (χ4n) is 3.13. The van der Waals surface area contributed by atoms with Crippen LogP contribution in [0, 0.1) is 0 Å². The molecule has 1 aromatic carbocycles. The van der Waals surface area contributed by atoms with Crippen LogP contribution in [-0.2, 0) is 6.54 Å². The lowest BCUT2D eigenvalue weighted by atomic mass is 10.1. The van der Waals surface area contributed by atoms with Crippen LogP contribution in [0.5, 0.6) is 0 Å². The Kier molecular flexibility index (Phi) is 6.79. The third kappa shape index (κ3) is 4.57. The number of piperazine rings is 1. The zero-order valence-electron chi connectivity index (χ0n) is 12.0. The van der Waals surface area contributed by atoms with Crippen molar-refractivity contribution in [1.29, 1.82) is 0 Å². The Bertz CT molecular complexity index is 458. The Balaban J connectivity index is 0.00000161. The van der Waals surface area contributed by atoms with Crippen molar-refractivity contribution in [2.75, 3.05) is 39.3 Å². The van der Waals surface area contributed by atoms with Gasteiger partial charge in [0.1, 0.15) is 0 Å². The Morgan fingerprint density at radius 3 is 2.62 bits per heavy atom. The standard InChI is InChI=1S/C15H21BrClN3.ClH/c16-15-9-13(17)2-1-12(15)11-19-5-7-20(8-6-19)14-3-4-18-10-14;/h1-2,9,14,18H,3-8,10-11H2;1H. The summed E-state index contributed by atoms with van der Waals surface area (Å²) in [7, 11) is 0. The molecule has 0 aliphatic carbocycles. The maximum Gasteiger partial charge on any atom is 0.0417 e. The Morgan fingerprint density at radius 1 is 1.24 bits per heavy atom. The number of hydrogen-bond acceptors (Lipinski definition) is 3. The molecule has 1 N–H and O–H groups in total. The average molecular weight is 395 g/mol. The van der Waals surface area contributed by atoms with Crippen molar-refractivity contribution in [3.63, 3.8) is 0 Å². The van der Waals surface area contributed by atoms with Crippen LogP contribution in [0.25, 0.3) is 0 Å². The smallest absolute Gasteiger partial charge is 0.0417 e. The second kappa shape index (κ2) is 8.14. The van der Waals surface area contributed by atoms with Crippen molar-refractivity contribution in [1.82, 2.24) is 15.1 Å². The Hall–Kier alpha value is 0.160. The number of rotatable bonds is 3. The molecule has 0 aromatic heterocycles. The van der Waals surface area contributed by atoms with Gasteiger partial charge in [0.2, 0.25) is 0 Å². The Labute approximate surface area is 146 Å². The van der Waals surface area contributed by atoms with E-state index in [1.54, 1.807) is 0 Å². The third-order valence-corrected chi connectivity index (χ3v) is 5.34. The van der Waals surface area contributed by atoms with Gasteiger partial charge in [-0.15, -0.1) is 12.4 Å². The molecular formula is C15H22BrCl2N3. The Morgan fingerprint density at radius 2 is 2.00 bits per heavy atom. The maximum absolute atomic E-state index is 6.00. The monoisotopic (exact) mass is 393 g/mol. The van der Waals surface area contributed by atoms with Crippen LogP contribution >= 0.6 is 39.9 Å². The molecule has 2 heterocycles. The van der Waals surface area contributed by atoms with E-state index in [0.29, 0.717) is 0 Å². The van der Waals surface area contributed by atoms with E-state index in [1.807, 2.05) is 12.1 Å². The van der Waals surface area contributed by atoms with Gasteiger partial charge in [0.15, 0.2) is 0 Å². The maximum atomic E-state index is 6.00. The van der Waals surface area contributed by atoms with Crippen molar-refractivity contribution in [3.05, 3.63) is 33.3 Å². The predicted molar refractivity (Wildman–Crippen MR) is 94.5 cm³/mol. The van der Waals surface area contributed by atoms with Gasteiger partial charge in [-0.3, -0.25) is 9.80 Å². The highest BCUT2D eigenvalue weighted by Gasteiger charge is 2.26. The first kappa shape index (κ1) is 17.5. The van der Waals surface area contributed by atoms with E-state index in [1.165, 1.54) is 38.2 Å². The van der Waals surface area contributed by atoms with Gasteiger partial charge in [-0.2, -0.15) is 0 Å². The largest absolute Gasteiger partial charge is 0.315 e. The first-order valence-corrected chi connectivity index (χ1v) is 8.50. The summed E-state index contributed by atoms with van der Waals surface area (Å²) < 4.78 is 1.12. The molecule has 1 unspecified atom stereocenters. The summed E-state index contributed by atoms with van der Waals surface area (Å²) in [6, 6.07) is 6.85. The molecule has 0 saturated carbocycles. The minimum Gasteiger partial charge on any atom is -0.315 e. The third-order valence-electron chi connectivity index (χ3n) is 4.37. The molecule has 3 rings (SSSR count). The zero-order chi connectivity index (χ0) is 13.9. The van der Waals surface area contributed by atoms with E-state index in [4.69, 9.17) is 11.6 Å². The summed E-state index contributed by atoms with van der Waals surface area (Å²) in [6.07, 6.45) is 1.31. The summed E-state index contributed by atoms with van der Waals surface area (Å²) in [6.45, 7) is 8.06. The van der Waals surface area contributed by atoms with Crippen LogP contribution in [0.1, 0.15) is 12.0 Å². The van der Waals surface area contributed by atoms with E-state index in [2.05, 4.69) is 37.1 Å². The number of nitrogens with one attached hydrogen (secondary N) is 1. The quantitative estimate of drug-likeness (QED) is 0.849. The lowest BCUT2D eigenvalue weighted by molar-refractivity contribution is 0.0980. The average Bonchev–Trinajstić information content (AvgIpc) is 2.97. The highest BCUT2D eigenvalue weighted by molar-refractivity contribution is 9.10. The number of nitrogens with zero attached hydrogens (tertiary/aromatic N) is 2. The molecule has 2 fully saturated rings. The first-order valence-electron chi connectivity index (χ1n) is 7.33. The van der Waals surface area contributed by atoms with E-state index in [0.717, 1.165) is 35.2 Å². The lowest BCUT2D eigenvalue weighted by Gasteiger charge is -2.37. The van der Waals surface area contributed by atoms with Crippen LogP contribution in [0.15, 0.2) is 22.7 Å². The van der Waals surface area contributed by atoms with Gasteiger partial charge >= 0.3 is 0 Å². The summed E-state index contributed by atoms with van der Waals surface area (Å²) in [5, 5.41) is 4.25. The molecule has 0 bridgehead atoms. The molecular weight excluding hydrogens is 373 g/mol. The highest BCUT2D eigenvalue weighted by atomic mass is 79.9. The van der Waals surface area contributed by atoms with Crippen LogP contribution in [0.2, 0.25) is 5.02 Å². The topological polar surface area (TPSA) is 18.5 Å². The molecule has 3 nitrogen and oxygen atoms in total. The summed E-state index contributed by atoms with van der Waals surface area (Å²) >= 11 is 9.61. The molecule has 0 radical (unpaired) electrons. The summed E-state index contributed by atoms with van der Waals surface area (Å²) in [5.74, 6) is 0. The van der Waals surface area contributed by atoms with Crippen molar-refractivity contribution < 1.29 is 0 Å². The van der Waals surface area contributed by atoms with Gasteiger partial charge in [-0.25, -0.2) is 0 Å². The molecule has 1 aromatic rings. The normalized spacial score (nSPS) is 24.0. The van der Waals surface area contributed by atoms with Gasteiger partial charge in [0.05, 0.1) is 0 Å². The van der Waals surface area contributed by atoms with Gasteiger partial charge in [-0.1, -0.05) is 33.6 Å². The van der Waals surface area contributed by atoms with Gasteiger partial charge in [-0.05, 0) is 30.7 Å². The molecule has 2 aliphatic rings. The number of benzene rings is 1. The van der Waals surface area contributed by atoms with Gasteiger partial charge in [0.25, 0.3) is 0 Å². The molecule has 0 amide bonds. The minimum absolute atomic E-state index is 0. The molecule has 0 spiro atoms. The molecule has 2 saturated heterocycles. The number of halogens is 3. The number of hydrogen-bond donors (Lipinski definition) is 1. The van der Waals surface area contributed by atoms with Gasteiger partial charge < -0.3 is 5.32 Å². The van der Waals surface area contributed by atoms with Crippen molar-refractivity contribution in [3.8, 4) is 0 Å². The van der Waals surface area contributed by atoms with E-state index >= 15 is 0 Å². The van der Waals surface area contributed by atoms with E-state index < -0.39 is 0 Å². The first-order chi connectivity index (χ1) is 9.72. The SMILES string of the molecule is Cl.Clc1ccc(CN2CCN(C3CCNC3)CC2)c(Br)c1. The van der Waals surface area contributed by atoms with Crippen molar-refractivity contribution in [2.24, 2.45) is 0 Å². The van der Waals surface area contributed by atoms with Gasteiger partial charge in [0, 0.05) is 54.8 Å². The van der Waals surface area contributed by atoms with E-state index in [9.17, 15) is 0 Å². The van der Waals surface area contributed by atoms with Crippen LogP contribution in [-0.4, -0.2) is 55.1 Å². The van der Waals surface area contributed by atoms with Crippen molar-refractivity contribution >= 4 is 39.9 Å².